The molecule has 4 heteroatoms. The number of nitrogens with zero attached hydrogens (tertiary/aromatic N) is 1. The van der Waals surface area contributed by atoms with Crippen molar-refractivity contribution in [1.29, 1.82) is 0 Å². The van der Waals surface area contributed by atoms with Crippen LogP contribution in [0.5, 0.6) is 0 Å². The topological polar surface area (TPSA) is 15.3 Å². The molecule has 2 heterocycles. The van der Waals surface area contributed by atoms with Gasteiger partial charge in [-0.15, -0.1) is 11.3 Å². The zero-order chi connectivity index (χ0) is 13.0. The highest BCUT2D eigenvalue weighted by molar-refractivity contribution is 9.10. The smallest absolute Gasteiger partial charge is 0.0414 e. The second-order valence-electron chi connectivity index (χ2n) is 5.08. The molecule has 0 bridgehead atoms. The van der Waals surface area contributed by atoms with E-state index in [0.717, 1.165) is 6.54 Å². The van der Waals surface area contributed by atoms with Crippen LogP contribution in [0.25, 0.3) is 0 Å². The fraction of sp³-hybridized carbons (Fsp3) is 0.714. The first kappa shape index (κ1) is 14.5. The molecule has 1 fully saturated rings. The zero-order valence-electron chi connectivity index (χ0n) is 11.3. The first-order valence-electron chi connectivity index (χ1n) is 6.92. The van der Waals surface area contributed by atoms with E-state index in [-0.39, 0.29) is 0 Å². The third-order valence-electron chi connectivity index (χ3n) is 3.82. The first-order chi connectivity index (χ1) is 8.70. The van der Waals surface area contributed by atoms with Gasteiger partial charge < -0.3 is 5.32 Å². The number of halogens is 1. The van der Waals surface area contributed by atoms with Crippen LogP contribution in [0.2, 0.25) is 0 Å². The van der Waals surface area contributed by atoms with Gasteiger partial charge in [0.1, 0.15) is 0 Å². The van der Waals surface area contributed by atoms with Crippen LogP contribution in [0.15, 0.2) is 15.9 Å². The molecule has 1 aliphatic rings. The maximum Gasteiger partial charge on any atom is 0.0414 e. The van der Waals surface area contributed by atoms with E-state index >= 15 is 0 Å². The van der Waals surface area contributed by atoms with Crippen molar-refractivity contribution < 1.29 is 0 Å². The van der Waals surface area contributed by atoms with E-state index in [9.17, 15) is 0 Å². The summed E-state index contributed by atoms with van der Waals surface area (Å²) in [5.41, 5.74) is 0. The van der Waals surface area contributed by atoms with Crippen molar-refractivity contribution in [2.75, 3.05) is 19.6 Å². The second-order valence-corrected chi connectivity index (χ2v) is 6.94. The highest BCUT2D eigenvalue weighted by Crippen LogP contribution is 2.29. The number of nitrogens with one attached hydrogen (secondary N) is 1. The Labute approximate surface area is 123 Å². The van der Waals surface area contributed by atoms with Gasteiger partial charge in [-0.05, 0) is 54.9 Å². The SMILES string of the molecule is CCN(CC1CCCCN1)C(C)c1cc(Br)cs1. The average Bonchev–Trinajstić information content (AvgIpc) is 2.83. The van der Waals surface area contributed by atoms with Crippen LogP contribution in [0.3, 0.4) is 0 Å². The molecule has 0 aliphatic carbocycles. The normalized spacial score (nSPS) is 22.3. The van der Waals surface area contributed by atoms with Gasteiger partial charge in [0.25, 0.3) is 0 Å². The van der Waals surface area contributed by atoms with Crippen LogP contribution < -0.4 is 5.32 Å². The number of thiophene rings is 1. The molecule has 18 heavy (non-hydrogen) atoms. The van der Waals surface area contributed by atoms with Crippen LogP contribution in [-0.4, -0.2) is 30.6 Å². The largest absolute Gasteiger partial charge is 0.313 e. The summed E-state index contributed by atoms with van der Waals surface area (Å²) in [7, 11) is 0. The van der Waals surface area contributed by atoms with Crippen LogP contribution >= 0.6 is 27.3 Å². The summed E-state index contributed by atoms with van der Waals surface area (Å²) in [4.78, 5) is 4.04. The van der Waals surface area contributed by atoms with Gasteiger partial charge in [-0.3, -0.25) is 4.90 Å². The summed E-state index contributed by atoms with van der Waals surface area (Å²) < 4.78 is 1.21. The molecule has 2 unspecified atom stereocenters. The number of likely N-dealkylation sites (N-methyl/N-ethyl adjacent to an activating group) is 1. The van der Waals surface area contributed by atoms with Gasteiger partial charge in [-0.25, -0.2) is 0 Å². The van der Waals surface area contributed by atoms with Crippen molar-refractivity contribution in [2.24, 2.45) is 0 Å². The van der Waals surface area contributed by atoms with E-state index in [1.165, 1.54) is 41.7 Å². The number of hydrogen-bond donors (Lipinski definition) is 1. The molecule has 1 aromatic rings. The summed E-state index contributed by atoms with van der Waals surface area (Å²) in [6, 6.07) is 3.46. The molecule has 0 amide bonds. The second kappa shape index (κ2) is 7.04. The Kier molecular flexibility index (Phi) is 5.67. The fourth-order valence-corrected chi connectivity index (χ4v) is 4.19. The lowest BCUT2D eigenvalue weighted by atomic mass is 10.0. The lowest BCUT2D eigenvalue weighted by molar-refractivity contribution is 0.187. The van der Waals surface area contributed by atoms with E-state index in [1.54, 1.807) is 0 Å². The average molecular weight is 331 g/mol. The van der Waals surface area contributed by atoms with Gasteiger partial charge in [0.05, 0.1) is 0 Å². The van der Waals surface area contributed by atoms with E-state index in [1.807, 2.05) is 11.3 Å². The van der Waals surface area contributed by atoms with Crippen molar-refractivity contribution in [1.82, 2.24) is 10.2 Å². The van der Waals surface area contributed by atoms with E-state index < -0.39 is 0 Å². The van der Waals surface area contributed by atoms with Gasteiger partial charge in [0.15, 0.2) is 0 Å². The molecule has 2 rings (SSSR count). The third kappa shape index (κ3) is 3.80. The molecule has 1 saturated heterocycles. The summed E-state index contributed by atoms with van der Waals surface area (Å²) in [6.45, 7) is 8.08. The molecule has 1 aromatic heterocycles. The van der Waals surface area contributed by atoms with E-state index in [4.69, 9.17) is 0 Å². The minimum absolute atomic E-state index is 0.523. The van der Waals surface area contributed by atoms with Crippen molar-refractivity contribution in [3.63, 3.8) is 0 Å². The lowest BCUT2D eigenvalue weighted by Crippen LogP contribution is -2.44. The van der Waals surface area contributed by atoms with Gasteiger partial charge in [-0.2, -0.15) is 0 Å². The van der Waals surface area contributed by atoms with Gasteiger partial charge >= 0.3 is 0 Å². The van der Waals surface area contributed by atoms with Gasteiger partial charge in [0, 0.05) is 33.4 Å². The number of piperidine rings is 1. The predicted molar refractivity (Wildman–Crippen MR) is 83.3 cm³/mol. The fourth-order valence-electron chi connectivity index (χ4n) is 2.65. The summed E-state index contributed by atoms with van der Waals surface area (Å²) in [5, 5.41) is 5.83. The lowest BCUT2D eigenvalue weighted by Gasteiger charge is -2.33. The molecular weight excluding hydrogens is 308 g/mol. The molecule has 102 valence electrons. The number of rotatable bonds is 5. The molecule has 0 aromatic carbocycles. The monoisotopic (exact) mass is 330 g/mol. The Morgan fingerprint density at radius 2 is 2.39 bits per heavy atom. The maximum atomic E-state index is 3.65. The Bertz CT molecular complexity index is 360. The summed E-state index contributed by atoms with van der Waals surface area (Å²) in [5.74, 6) is 0. The molecule has 2 atom stereocenters. The molecule has 1 aliphatic heterocycles. The van der Waals surface area contributed by atoms with Gasteiger partial charge in [0.2, 0.25) is 0 Å². The molecule has 0 spiro atoms. The van der Waals surface area contributed by atoms with Crippen LogP contribution in [0, 0.1) is 0 Å². The predicted octanol–water partition coefficient (Wildman–Crippen LogP) is 4.04. The molecule has 2 nitrogen and oxygen atoms in total. The summed E-state index contributed by atoms with van der Waals surface area (Å²) in [6.07, 6.45) is 4.06. The molecule has 1 N–H and O–H groups in total. The highest BCUT2D eigenvalue weighted by Gasteiger charge is 2.21. The van der Waals surface area contributed by atoms with Crippen molar-refractivity contribution in [2.45, 2.75) is 45.2 Å². The first-order valence-corrected chi connectivity index (χ1v) is 8.59. The molecular formula is C14H23BrN2S. The van der Waals surface area contributed by atoms with Crippen LogP contribution in [-0.2, 0) is 0 Å². The zero-order valence-corrected chi connectivity index (χ0v) is 13.7. The highest BCUT2D eigenvalue weighted by atomic mass is 79.9. The quantitative estimate of drug-likeness (QED) is 0.876. The van der Waals surface area contributed by atoms with E-state index in [2.05, 4.69) is 51.4 Å². The minimum Gasteiger partial charge on any atom is -0.313 e. The Balaban J connectivity index is 1.94. The van der Waals surface area contributed by atoms with Crippen molar-refractivity contribution in [3.8, 4) is 0 Å². The van der Waals surface area contributed by atoms with E-state index in [0.29, 0.717) is 12.1 Å². The summed E-state index contributed by atoms with van der Waals surface area (Å²) >= 11 is 5.40. The Morgan fingerprint density at radius 1 is 1.56 bits per heavy atom. The maximum absolute atomic E-state index is 3.65. The molecule has 0 saturated carbocycles. The van der Waals surface area contributed by atoms with Crippen molar-refractivity contribution in [3.05, 3.63) is 20.8 Å². The third-order valence-corrected chi connectivity index (χ3v) is 5.68. The number of hydrogen-bond acceptors (Lipinski definition) is 3. The Morgan fingerprint density at radius 3 is 2.94 bits per heavy atom. The molecule has 0 radical (unpaired) electrons. The Hall–Kier alpha value is 0.1000. The van der Waals surface area contributed by atoms with Crippen LogP contribution in [0.1, 0.15) is 44.0 Å². The standard InChI is InChI=1S/C14H23BrN2S/c1-3-17(9-13-6-4-5-7-16-13)11(2)14-8-12(15)10-18-14/h8,10-11,13,16H,3-7,9H2,1-2H3. The van der Waals surface area contributed by atoms with Gasteiger partial charge in [-0.1, -0.05) is 13.3 Å². The minimum atomic E-state index is 0.523. The van der Waals surface area contributed by atoms with Crippen molar-refractivity contribution >= 4 is 27.3 Å². The van der Waals surface area contributed by atoms with Crippen LogP contribution in [0.4, 0.5) is 0 Å².